The maximum atomic E-state index is 14.7. The van der Waals surface area contributed by atoms with Gasteiger partial charge in [0, 0.05) is 23.2 Å². The Labute approximate surface area is 167 Å². The largest absolute Gasteiger partial charge is 0.497 e. The van der Waals surface area contributed by atoms with Crippen molar-refractivity contribution in [2.24, 2.45) is 0 Å². The normalized spacial score (nSPS) is 15.7. The highest BCUT2D eigenvalue weighted by molar-refractivity contribution is 7.13. The van der Waals surface area contributed by atoms with Crippen LogP contribution in [0.4, 0.5) is 9.52 Å². The van der Waals surface area contributed by atoms with Crippen molar-refractivity contribution in [3.8, 4) is 5.75 Å². The molecule has 0 aliphatic carbocycles. The maximum absolute atomic E-state index is 14.7. The average molecular weight is 408 g/mol. The van der Waals surface area contributed by atoms with Crippen molar-refractivity contribution in [2.75, 3.05) is 12.0 Å². The van der Waals surface area contributed by atoms with Crippen LogP contribution in [0.2, 0.25) is 0 Å². The molecule has 144 valence electrons. The molecule has 1 amide bonds. The molecule has 0 spiro atoms. The minimum Gasteiger partial charge on any atom is -0.497 e. The number of benzene rings is 2. The maximum Gasteiger partial charge on any atom is 0.297 e. The first kappa shape index (κ1) is 17.6. The van der Waals surface area contributed by atoms with Crippen molar-refractivity contribution in [2.45, 2.75) is 6.04 Å². The van der Waals surface area contributed by atoms with Crippen LogP contribution in [0.15, 0.2) is 63.3 Å². The number of hydrogen-bond donors (Lipinski definition) is 0. The monoisotopic (exact) mass is 408 g/mol. The molecule has 3 heterocycles. The SMILES string of the molecule is COc1ccc2c(=O)c3c(oc2c1)C(=O)N(c1nccs1)C3c1ccccc1F. The fourth-order valence-corrected chi connectivity index (χ4v) is 4.27. The van der Waals surface area contributed by atoms with E-state index in [-0.39, 0.29) is 27.9 Å². The van der Waals surface area contributed by atoms with E-state index in [1.807, 2.05) is 0 Å². The Morgan fingerprint density at radius 1 is 1.21 bits per heavy atom. The Balaban J connectivity index is 1.84. The number of fused-ring (bicyclic) bond motifs is 2. The molecule has 1 atom stereocenters. The lowest BCUT2D eigenvalue weighted by Crippen LogP contribution is -2.29. The predicted octanol–water partition coefficient (Wildman–Crippen LogP) is 4.15. The Bertz CT molecular complexity index is 1320. The van der Waals surface area contributed by atoms with E-state index in [9.17, 15) is 14.0 Å². The third kappa shape index (κ3) is 2.56. The van der Waals surface area contributed by atoms with Gasteiger partial charge >= 0.3 is 0 Å². The number of aromatic nitrogens is 1. The van der Waals surface area contributed by atoms with E-state index in [2.05, 4.69) is 4.98 Å². The molecule has 0 fully saturated rings. The third-order valence-electron chi connectivity index (χ3n) is 4.90. The molecule has 2 aromatic heterocycles. The summed E-state index contributed by atoms with van der Waals surface area (Å²) in [5.41, 5.74) is 0.155. The molecule has 8 heteroatoms. The van der Waals surface area contributed by atoms with Crippen LogP contribution in [-0.4, -0.2) is 18.0 Å². The number of halogens is 1. The zero-order chi connectivity index (χ0) is 20.1. The summed E-state index contributed by atoms with van der Waals surface area (Å²) in [7, 11) is 1.50. The Hall–Kier alpha value is -3.52. The van der Waals surface area contributed by atoms with E-state index >= 15 is 0 Å². The van der Waals surface area contributed by atoms with Gasteiger partial charge < -0.3 is 9.15 Å². The first-order valence-electron chi connectivity index (χ1n) is 8.72. The number of carbonyl (C=O) groups is 1. The van der Waals surface area contributed by atoms with Gasteiger partial charge in [-0.05, 0) is 18.2 Å². The molecule has 6 nitrogen and oxygen atoms in total. The van der Waals surface area contributed by atoms with Crippen LogP contribution < -0.4 is 15.1 Å². The van der Waals surface area contributed by atoms with Crippen LogP contribution in [0.5, 0.6) is 5.75 Å². The summed E-state index contributed by atoms with van der Waals surface area (Å²) in [4.78, 5) is 32.1. The number of carbonyl (C=O) groups excluding carboxylic acids is 1. The van der Waals surface area contributed by atoms with Crippen molar-refractivity contribution < 1.29 is 18.3 Å². The number of hydrogen-bond acceptors (Lipinski definition) is 6. The number of thiazole rings is 1. The molecule has 2 aromatic carbocycles. The fourth-order valence-electron chi connectivity index (χ4n) is 3.60. The van der Waals surface area contributed by atoms with Crippen molar-refractivity contribution in [1.82, 2.24) is 4.98 Å². The van der Waals surface area contributed by atoms with Crippen molar-refractivity contribution in [3.05, 3.63) is 87.0 Å². The molecular formula is C21H13FN2O4S. The van der Waals surface area contributed by atoms with Gasteiger partial charge in [0.1, 0.15) is 23.2 Å². The van der Waals surface area contributed by atoms with Gasteiger partial charge in [-0.2, -0.15) is 0 Å². The molecule has 0 bridgehead atoms. The minimum absolute atomic E-state index is 0.105. The first-order valence-corrected chi connectivity index (χ1v) is 9.60. The molecule has 4 aromatic rings. The van der Waals surface area contributed by atoms with E-state index in [1.54, 1.807) is 48.0 Å². The molecule has 0 radical (unpaired) electrons. The van der Waals surface area contributed by atoms with Crippen molar-refractivity contribution in [3.63, 3.8) is 0 Å². The highest BCUT2D eigenvalue weighted by Crippen LogP contribution is 2.42. The summed E-state index contributed by atoms with van der Waals surface area (Å²) in [6.45, 7) is 0. The summed E-state index contributed by atoms with van der Waals surface area (Å²) in [6, 6.07) is 9.87. The lowest BCUT2D eigenvalue weighted by Gasteiger charge is -2.22. The zero-order valence-electron chi connectivity index (χ0n) is 15.1. The second-order valence-electron chi connectivity index (χ2n) is 6.45. The topological polar surface area (TPSA) is 72.6 Å². The zero-order valence-corrected chi connectivity index (χ0v) is 15.9. The van der Waals surface area contributed by atoms with Gasteiger partial charge in [-0.3, -0.25) is 14.5 Å². The number of rotatable bonds is 3. The van der Waals surface area contributed by atoms with Crippen LogP contribution in [-0.2, 0) is 0 Å². The highest BCUT2D eigenvalue weighted by atomic mass is 32.1. The minimum atomic E-state index is -0.965. The quantitative estimate of drug-likeness (QED) is 0.509. The van der Waals surface area contributed by atoms with E-state index in [0.29, 0.717) is 16.3 Å². The van der Waals surface area contributed by atoms with Gasteiger partial charge in [-0.1, -0.05) is 18.2 Å². The lowest BCUT2D eigenvalue weighted by molar-refractivity contribution is 0.0970. The molecular weight excluding hydrogens is 395 g/mol. The van der Waals surface area contributed by atoms with Crippen LogP contribution in [0.25, 0.3) is 11.0 Å². The summed E-state index contributed by atoms with van der Waals surface area (Å²) in [5.74, 6) is -0.674. The van der Waals surface area contributed by atoms with Crippen molar-refractivity contribution >= 4 is 33.3 Å². The number of ether oxygens (including phenoxy) is 1. The summed E-state index contributed by atoms with van der Waals surface area (Å²) in [5, 5.41) is 2.36. The Morgan fingerprint density at radius 3 is 2.76 bits per heavy atom. The van der Waals surface area contributed by atoms with E-state index in [1.165, 1.54) is 29.4 Å². The molecule has 0 saturated carbocycles. The average Bonchev–Trinajstić information content (AvgIpc) is 3.35. The number of anilines is 1. The summed E-state index contributed by atoms with van der Waals surface area (Å²) in [6.07, 6.45) is 1.55. The lowest BCUT2D eigenvalue weighted by atomic mass is 9.98. The third-order valence-corrected chi connectivity index (χ3v) is 5.68. The highest BCUT2D eigenvalue weighted by Gasteiger charge is 2.45. The molecule has 1 aliphatic heterocycles. The van der Waals surface area contributed by atoms with Crippen LogP contribution in [0.3, 0.4) is 0 Å². The molecule has 1 aliphatic rings. The van der Waals surface area contributed by atoms with Crippen molar-refractivity contribution in [1.29, 1.82) is 0 Å². The first-order chi connectivity index (χ1) is 14.1. The number of methoxy groups -OCH3 is 1. The van der Waals surface area contributed by atoms with Gasteiger partial charge in [0.2, 0.25) is 5.76 Å². The van der Waals surface area contributed by atoms with Gasteiger partial charge in [-0.25, -0.2) is 9.37 Å². The van der Waals surface area contributed by atoms with E-state index in [0.717, 1.165) is 0 Å². The fraction of sp³-hybridized carbons (Fsp3) is 0.0952. The second-order valence-corrected chi connectivity index (χ2v) is 7.32. The molecule has 0 saturated heterocycles. The Kier molecular flexibility index (Phi) is 3.95. The van der Waals surface area contributed by atoms with Crippen LogP contribution >= 0.6 is 11.3 Å². The standard InChI is InChI=1S/C21H13FN2O4S/c1-27-11-6-7-13-15(10-11)28-19-16(18(13)25)17(12-4-2-3-5-14(12)22)24(20(19)26)21-23-8-9-29-21/h2-10,17H,1H3. The molecule has 29 heavy (non-hydrogen) atoms. The smallest absolute Gasteiger partial charge is 0.297 e. The van der Waals surface area contributed by atoms with Gasteiger partial charge in [-0.15, -0.1) is 11.3 Å². The molecule has 1 unspecified atom stereocenters. The van der Waals surface area contributed by atoms with Gasteiger partial charge in [0.25, 0.3) is 5.91 Å². The van der Waals surface area contributed by atoms with Gasteiger partial charge in [0.05, 0.1) is 18.1 Å². The predicted molar refractivity (Wildman–Crippen MR) is 106 cm³/mol. The molecule has 0 N–H and O–H groups in total. The Morgan fingerprint density at radius 2 is 2.03 bits per heavy atom. The second kappa shape index (κ2) is 6.52. The van der Waals surface area contributed by atoms with Crippen LogP contribution in [0.1, 0.15) is 27.7 Å². The van der Waals surface area contributed by atoms with Gasteiger partial charge in [0.15, 0.2) is 10.6 Å². The number of nitrogens with zero attached hydrogens (tertiary/aromatic N) is 2. The van der Waals surface area contributed by atoms with E-state index < -0.39 is 17.8 Å². The van der Waals surface area contributed by atoms with Crippen LogP contribution in [0, 0.1) is 5.82 Å². The summed E-state index contributed by atoms with van der Waals surface area (Å²) < 4.78 is 25.7. The number of amides is 1. The van der Waals surface area contributed by atoms with E-state index in [4.69, 9.17) is 9.15 Å². The molecule has 5 rings (SSSR count). The summed E-state index contributed by atoms with van der Waals surface area (Å²) >= 11 is 1.22.